The molecule has 0 bridgehead atoms. The van der Waals surface area contributed by atoms with Gasteiger partial charge in [-0.05, 0) is 27.7 Å². The van der Waals surface area contributed by atoms with Gasteiger partial charge in [-0.25, -0.2) is 0 Å². The number of ether oxygens (including phenoxy) is 2. The van der Waals surface area contributed by atoms with Gasteiger partial charge in [-0.15, -0.1) is 0 Å². The van der Waals surface area contributed by atoms with Crippen LogP contribution in [0.15, 0.2) is 5.03 Å². The minimum atomic E-state index is -4.49. The van der Waals surface area contributed by atoms with E-state index in [0.717, 1.165) is 0 Å². The molecule has 1 rings (SSSR count). The average Bonchev–Trinajstić information content (AvgIpc) is 2.66. The van der Waals surface area contributed by atoms with Crippen LogP contribution in [0, 0.1) is 0 Å². The number of halogens is 1. The van der Waals surface area contributed by atoms with Gasteiger partial charge in [-0.2, -0.15) is 5.10 Å². The average molecular weight is 359 g/mol. The highest BCUT2D eigenvalue weighted by Crippen LogP contribution is 2.39. The van der Waals surface area contributed by atoms with Gasteiger partial charge in [0.1, 0.15) is 16.0 Å². The number of thioether (sulfide) groups is 1. The van der Waals surface area contributed by atoms with E-state index in [0.29, 0.717) is 18.2 Å². The third-order valence-electron chi connectivity index (χ3n) is 2.50. The molecule has 0 amide bonds. The summed E-state index contributed by atoms with van der Waals surface area (Å²) in [4.78, 5) is 18.4. The van der Waals surface area contributed by atoms with E-state index >= 15 is 0 Å². The second kappa shape index (κ2) is 7.46. The van der Waals surface area contributed by atoms with Crippen LogP contribution in [0.25, 0.3) is 0 Å². The van der Waals surface area contributed by atoms with Crippen LogP contribution in [0.1, 0.15) is 27.7 Å². The maximum Gasteiger partial charge on any atom is 0.377 e. The Morgan fingerprint density at radius 1 is 1.38 bits per heavy atom. The zero-order valence-electron chi connectivity index (χ0n) is 12.4. The first-order chi connectivity index (χ1) is 9.62. The van der Waals surface area contributed by atoms with Gasteiger partial charge in [-0.1, -0.05) is 23.4 Å². The third kappa shape index (κ3) is 5.25. The summed E-state index contributed by atoms with van der Waals surface area (Å²) in [7, 11) is -4.49. The number of aryl methyl sites for hydroxylation is 1. The highest BCUT2D eigenvalue weighted by atomic mass is 35.5. The summed E-state index contributed by atoms with van der Waals surface area (Å²) in [5.41, 5.74) is -0.405. The van der Waals surface area contributed by atoms with Crippen molar-refractivity contribution in [1.29, 1.82) is 0 Å². The summed E-state index contributed by atoms with van der Waals surface area (Å²) in [6.45, 7) is 8.22. The summed E-state index contributed by atoms with van der Waals surface area (Å²) in [6, 6.07) is 0. The molecule has 21 heavy (non-hydrogen) atoms. The predicted octanol–water partition coefficient (Wildman–Crippen LogP) is 2.20. The van der Waals surface area contributed by atoms with E-state index in [-0.39, 0.29) is 11.0 Å². The Bertz CT molecular complexity index is 531. The zero-order valence-corrected chi connectivity index (χ0v) is 14.8. The number of nitrogens with zero attached hydrogens (tertiary/aromatic N) is 2. The van der Waals surface area contributed by atoms with Gasteiger partial charge >= 0.3 is 7.60 Å². The Morgan fingerprint density at radius 3 is 2.48 bits per heavy atom. The van der Waals surface area contributed by atoms with Crippen molar-refractivity contribution in [3.8, 4) is 0 Å². The van der Waals surface area contributed by atoms with E-state index in [9.17, 15) is 14.4 Å². The molecular formula is C11H20ClN2O5PS. The number of hydrogen-bond donors (Lipinski definition) is 2. The van der Waals surface area contributed by atoms with Crippen LogP contribution in [0.4, 0.5) is 0 Å². The fourth-order valence-corrected chi connectivity index (χ4v) is 3.86. The van der Waals surface area contributed by atoms with Crippen molar-refractivity contribution in [1.82, 2.24) is 9.78 Å². The molecule has 0 aliphatic carbocycles. The standard InChI is InChI=1S/C11H20ClN2O5PS/c1-5-14-10(8(12)9(13-14)20(15,16)17)21-7-19-11(3,4)18-6-2/h5-7H2,1-4H3,(H2,15,16,17). The molecule has 0 aliphatic heterocycles. The van der Waals surface area contributed by atoms with Crippen LogP contribution in [0.2, 0.25) is 5.02 Å². The van der Waals surface area contributed by atoms with Crippen LogP contribution in [0.3, 0.4) is 0 Å². The molecule has 2 N–H and O–H groups in total. The fourth-order valence-electron chi connectivity index (χ4n) is 1.57. The van der Waals surface area contributed by atoms with Crippen molar-refractivity contribution in [3.05, 3.63) is 5.02 Å². The van der Waals surface area contributed by atoms with E-state index in [1.165, 1.54) is 16.4 Å². The normalized spacial score (nSPS) is 12.9. The Labute approximate surface area is 133 Å². The van der Waals surface area contributed by atoms with Gasteiger partial charge in [-0.3, -0.25) is 9.25 Å². The summed E-state index contributed by atoms with van der Waals surface area (Å²) in [5.74, 6) is -0.517. The van der Waals surface area contributed by atoms with Gasteiger partial charge in [0.15, 0.2) is 11.2 Å². The highest BCUT2D eigenvalue weighted by molar-refractivity contribution is 7.99. The topological polar surface area (TPSA) is 93.8 Å². The zero-order chi connectivity index (χ0) is 16.3. The molecule has 0 unspecified atom stereocenters. The van der Waals surface area contributed by atoms with Crippen molar-refractivity contribution >= 4 is 36.4 Å². The maximum atomic E-state index is 11.3. The largest absolute Gasteiger partial charge is 0.377 e. The molecule has 0 saturated heterocycles. The second-order valence-corrected chi connectivity index (χ2v) is 7.34. The Balaban J connectivity index is 2.84. The van der Waals surface area contributed by atoms with Crippen LogP contribution in [-0.4, -0.2) is 37.9 Å². The number of hydrogen-bond acceptors (Lipinski definition) is 5. The molecule has 10 heteroatoms. The Kier molecular flexibility index (Phi) is 6.74. The first-order valence-corrected chi connectivity index (χ1v) is 9.33. The van der Waals surface area contributed by atoms with Crippen molar-refractivity contribution in [2.24, 2.45) is 0 Å². The lowest BCUT2D eigenvalue weighted by atomic mass is 10.4. The SMILES string of the molecule is CCOC(C)(C)OCSc1c(Cl)c(P(=O)(O)O)nn1CC. The minimum absolute atomic E-state index is 0.0343. The lowest BCUT2D eigenvalue weighted by Crippen LogP contribution is -2.28. The van der Waals surface area contributed by atoms with Gasteiger partial charge < -0.3 is 19.3 Å². The summed E-state index contributed by atoms with van der Waals surface area (Å²) >= 11 is 7.23. The maximum absolute atomic E-state index is 11.3. The first kappa shape index (κ1) is 19.0. The van der Waals surface area contributed by atoms with E-state index in [2.05, 4.69) is 5.10 Å². The fraction of sp³-hybridized carbons (Fsp3) is 0.727. The van der Waals surface area contributed by atoms with Crippen molar-refractivity contribution in [2.45, 2.75) is 45.1 Å². The number of aromatic nitrogens is 2. The van der Waals surface area contributed by atoms with Crippen LogP contribution in [-0.2, 0) is 20.6 Å². The molecule has 7 nitrogen and oxygen atoms in total. The van der Waals surface area contributed by atoms with Gasteiger partial charge in [0, 0.05) is 13.2 Å². The molecule has 0 atom stereocenters. The summed E-state index contributed by atoms with van der Waals surface area (Å²) in [6.07, 6.45) is 0. The quantitative estimate of drug-likeness (QED) is 0.418. The lowest BCUT2D eigenvalue weighted by molar-refractivity contribution is -0.198. The molecule has 0 saturated carbocycles. The molecule has 1 aromatic heterocycles. The Hall–Kier alpha value is -0.0800. The Morgan fingerprint density at radius 2 is 2.00 bits per heavy atom. The molecule has 1 aromatic rings. The van der Waals surface area contributed by atoms with Crippen molar-refractivity contribution in [2.75, 3.05) is 12.5 Å². The smallest absolute Gasteiger partial charge is 0.351 e. The summed E-state index contributed by atoms with van der Waals surface area (Å²) < 4.78 is 23.7. The van der Waals surface area contributed by atoms with E-state index in [1.807, 2.05) is 13.8 Å². The van der Waals surface area contributed by atoms with Gasteiger partial charge in [0.05, 0.1) is 0 Å². The van der Waals surface area contributed by atoms with Crippen LogP contribution < -0.4 is 5.44 Å². The predicted molar refractivity (Wildman–Crippen MR) is 82.1 cm³/mol. The monoisotopic (exact) mass is 358 g/mol. The molecule has 0 fully saturated rings. The summed E-state index contributed by atoms with van der Waals surface area (Å²) in [5, 5.41) is 4.29. The lowest BCUT2D eigenvalue weighted by Gasteiger charge is -2.24. The van der Waals surface area contributed by atoms with Crippen LogP contribution in [0.5, 0.6) is 0 Å². The first-order valence-electron chi connectivity index (χ1n) is 6.35. The van der Waals surface area contributed by atoms with Crippen molar-refractivity contribution in [3.63, 3.8) is 0 Å². The molecule has 0 aromatic carbocycles. The third-order valence-corrected chi connectivity index (χ3v) is 4.89. The van der Waals surface area contributed by atoms with Crippen LogP contribution >= 0.6 is 31.0 Å². The molecule has 0 aliphatic rings. The highest BCUT2D eigenvalue weighted by Gasteiger charge is 2.29. The van der Waals surface area contributed by atoms with E-state index in [1.54, 1.807) is 13.8 Å². The van der Waals surface area contributed by atoms with Gasteiger partial charge in [0.2, 0.25) is 0 Å². The minimum Gasteiger partial charge on any atom is -0.351 e. The molecule has 122 valence electrons. The molecule has 1 heterocycles. The molecule has 0 spiro atoms. The molecule has 0 radical (unpaired) electrons. The second-order valence-electron chi connectivity index (χ2n) is 4.54. The van der Waals surface area contributed by atoms with Crippen molar-refractivity contribution < 1.29 is 23.8 Å². The van der Waals surface area contributed by atoms with Gasteiger partial charge in [0.25, 0.3) is 0 Å². The number of rotatable bonds is 8. The van der Waals surface area contributed by atoms with E-state index < -0.39 is 18.8 Å². The van der Waals surface area contributed by atoms with E-state index in [4.69, 9.17) is 21.1 Å². The molecular weight excluding hydrogens is 339 g/mol.